The quantitative estimate of drug-likeness (QED) is 0.0848. The summed E-state index contributed by atoms with van der Waals surface area (Å²) in [6.45, 7) is -0.875. The van der Waals surface area contributed by atoms with Gasteiger partial charge < -0.3 is 20.1 Å². The number of fused-ring (bicyclic) bond motifs is 1. The minimum atomic E-state index is -5.21. The standard InChI is InChI=1S/C36H32BrF6NO6/c1-50-18-22-13-27-32(34(49)44(33(27)48)26-15-23(35(38,39)40)14-24(16-26)36(41,42)43)28(17-45)31(22)30(47)9-7-20(19-5-3-2-4-6-19)11-21-12-25(37)8-10-29(21)46/h2-6,8,10-12,14-16,27-28,30,32,45-47H,7,9,13,17-18H2,1H3/b20-11-/t27-,28+,30-,32-/m1/s1. The summed E-state index contributed by atoms with van der Waals surface area (Å²) in [5.41, 5.74) is -1.65. The van der Waals surface area contributed by atoms with E-state index in [1.807, 2.05) is 30.3 Å². The largest absolute Gasteiger partial charge is 0.507 e. The Morgan fingerprint density at radius 2 is 1.62 bits per heavy atom. The predicted molar refractivity (Wildman–Crippen MR) is 175 cm³/mol. The summed E-state index contributed by atoms with van der Waals surface area (Å²) >= 11 is 3.39. The van der Waals surface area contributed by atoms with Gasteiger partial charge in [0, 0.05) is 23.1 Å². The molecule has 0 saturated carbocycles. The number of rotatable bonds is 10. The number of anilines is 1. The number of carbonyl (C=O) groups is 2. The molecule has 1 heterocycles. The van der Waals surface area contributed by atoms with Crippen molar-refractivity contribution in [3.05, 3.63) is 105 Å². The third-order valence-corrected chi connectivity index (χ3v) is 9.53. The number of aliphatic hydroxyl groups is 2. The van der Waals surface area contributed by atoms with Gasteiger partial charge in [-0.2, -0.15) is 26.3 Å². The van der Waals surface area contributed by atoms with E-state index >= 15 is 0 Å². The summed E-state index contributed by atoms with van der Waals surface area (Å²) < 4.78 is 87.9. The van der Waals surface area contributed by atoms with E-state index in [0.717, 1.165) is 15.6 Å². The molecular formula is C36H32BrF6NO6. The highest BCUT2D eigenvalue weighted by molar-refractivity contribution is 9.10. The van der Waals surface area contributed by atoms with Gasteiger partial charge in [0.05, 0.1) is 48.0 Å². The van der Waals surface area contributed by atoms with Gasteiger partial charge in [-0.05, 0) is 84.0 Å². The Balaban J connectivity index is 1.50. The summed E-state index contributed by atoms with van der Waals surface area (Å²) in [6, 6.07) is 14.6. The molecule has 0 radical (unpaired) electrons. The summed E-state index contributed by atoms with van der Waals surface area (Å²) in [5, 5.41) is 32.8. The highest BCUT2D eigenvalue weighted by atomic mass is 79.9. The Bertz CT molecular complexity index is 1790. The Labute approximate surface area is 291 Å². The van der Waals surface area contributed by atoms with Crippen molar-refractivity contribution < 1.29 is 56.0 Å². The molecule has 14 heteroatoms. The molecule has 50 heavy (non-hydrogen) atoms. The van der Waals surface area contributed by atoms with Crippen LogP contribution in [0.2, 0.25) is 0 Å². The molecule has 1 fully saturated rings. The normalized spacial score (nSPS) is 20.8. The summed E-state index contributed by atoms with van der Waals surface area (Å²) in [7, 11) is 1.35. The highest BCUT2D eigenvalue weighted by Gasteiger charge is 2.55. The molecule has 3 aromatic carbocycles. The van der Waals surface area contributed by atoms with Crippen molar-refractivity contribution in [2.45, 2.75) is 37.7 Å². The van der Waals surface area contributed by atoms with Crippen molar-refractivity contribution in [2.24, 2.45) is 17.8 Å². The monoisotopic (exact) mass is 767 g/mol. The summed E-state index contributed by atoms with van der Waals surface area (Å²) in [5.74, 6) is -5.88. The van der Waals surface area contributed by atoms with E-state index in [9.17, 15) is 51.3 Å². The zero-order valence-electron chi connectivity index (χ0n) is 26.4. The number of phenolic OH excluding ortho intramolecular Hbond substituents is 1. The Hall–Kier alpha value is -3.98. The van der Waals surface area contributed by atoms with Gasteiger partial charge in [-0.15, -0.1) is 0 Å². The fourth-order valence-corrected chi connectivity index (χ4v) is 7.20. The van der Waals surface area contributed by atoms with Crippen molar-refractivity contribution in [3.63, 3.8) is 0 Å². The molecule has 0 bridgehead atoms. The second-order valence-electron chi connectivity index (χ2n) is 12.2. The number of hydrogen-bond acceptors (Lipinski definition) is 6. The van der Waals surface area contributed by atoms with Crippen LogP contribution in [0.4, 0.5) is 32.0 Å². The van der Waals surface area contributed by atoms with Gasteiger partial charge in [-0.25, -0.2) is 4.90 Å². The van der Waals surface area contributed by atoms with E-state index in [1.165, 1.54) is 13.2 Å². The first kappa shape index (κ1) is 37.3. The lowest BCUT2D eigenvalue weighted by atomic mass is 9.68. The van der Waals surface area contributed by atoms with E-state index in [4.69, 9.17) is 4.74 Å². The molecule has 3 aromatic rings. The molecule has 2 aliphatic rings. The van der Waals surface area contributed by atoms with Crippen LogP contribution in [-0.2, 0) is 26.7 Å². The van der Waals surface area contributed by atoms with Gasteiger partial charge >= 0.3 is 12.4 Å². The average molecular weight is 769 g/mol. The number of halogens is 7. The van der Waals surface area contributed by atoms with Gasteiger partial charge in [0.15, 0.2) is 0 Å². The van der Waals surface area contributed by atoms with Gasteiger partial charge in [0.2, 0.25) is 11.8 Å². The number of nitrogens with zero attached hydrogens (tertiary/aromatic N) is 1. The van der Waals surface area contributed by atoms with Crippen molar-refractivity contribution in [1.82, 2.24) is 0 Å². The van der Waals surface area contributed by atoms with Gasteiger partial charge in [-0.3, -0.25) is 9.59 Å². The van der Waals surface area contributed by atoms with E-state index in [1.54, 1.807) is 18.2 Å². The first-order valence-corrected chi connectivity index (χ1v) is 16.3. The van der Waals surface area contributed by atoms with E-state index in [2.05, 4.69) is 15.9 Å². The summed E-state index contributed by atoms with van der Waals surface area (Å²) in [6.07, 6.45) is -9.87. The molecule has 7 nitrogen and oxygen atoms in total. The van der Waals surface area contributed by atoms with Gasteiger partial charge in [-0.1, -0.05) is 46.3 Å². The maximum absolute atomic E-state index is 13.8. The molecule has 0 spiro atoms. The lowest BCUT2D eigenvalue weighted by molar-refractivity contribution is -0.143. The maximum atomic E-state index is 13.8. The SMILES string of the molecule is COCC1=C([C@H](O)CC/C(=C/c2cc(Br)ccc2O)c2ccccc2)[C@H](CO)[C@@H]2C(=O)N(c3cc(C(F)(F)F)cc(C(F)(F)F)c3)C(=O)[C@@H]2C1. The second kappa shape index (κ2) is 14.7. The van der Waals surface area contributed by atoms with Gasteiger partial charge in [0.1, 0.15) is 5.75 Å². The number of alkyl halides is 6. The van der Waals surface area contributed by atoms with E-state index in [0.29, 0.717) is 28.2 Å². The smallest absolute Gasteiger partial charge is 0.416 e. The molecule has 3 N–H and O–H groups in total. The zero-order chi connectivity index (χ0) is 36.5. The van der Waals surface area contributed by atoms with Crippen LogP contribution in [0.3, 0.4) is 0 Å². The number of aliphatic hydroxyl groups excluding tert-OH is 2. The van der Waals surface area contributed by atoms with Crippen LogP contribution < -0.4 is 4.90 Å². The number of methoxy groups -OCH3 is 1. The third-order valence-electron chi connectivity index (χ3n) is 9.04. The van der Waals surface area contributed by atoms with Crippen LogP contribution >= 0.6 is 15.9 Å². The summed E-state index contributed by atoms with van der Waals surface area (Å²) in [4.78, 5) is 27.8. The van der Waals surface area contributed by atoms with Crippen LogP contribution in [0.25, 0.3) is 11.6 Å². The van der Waals surface area contributed by atoms with Crippen LogP contribution in [0, 0.1) is 17.8 Å². The van der Waals surface area contributed by atoms with Crippen LogP contribution in [0.1, 0.15) is 41.5 Å². The minimum Gasteiger partial charge on any atom is -0.507 e. The molecule has 1 saturated heterocycles. The predicted octanol–water partition coefficient (Wildman–Crippen LogP) is 7.64. The molecule has 1 aliphatic heterocycles. The molecule has 5 rings (SSSR count). The fourth-order valence-electron chi connectivity index (χ4n) is 6.82. The number of benzene rings is 3. The van der Waals surface area contributed by atoms with Gasteiger partial charge in [0.25, 0.3) is 0 Å². The first-order chi connectivity index (χ1) is 23.5. The number of carbonyl (C=O) groups excluding carboxylic acids is 2. The molecular weight excluding hydrogens is 736 g/mol. The minimum absolute atomic E-state index is 0.0167. The van der Waals surface area contributed by atoms with Crippen molar-refractivity contribution in [2.75, 3.05) is 25.2 Å². The zero-order valence-corrected chi connectivity index (χ0v) is 28.0. The molecule has 1 aliphatic carbocycles. The second-order valence-corrected chi connectivity index (χ2v) is 13.1. The third kappa shape index (κ3) is 7.68. The molecule has 266 valence electrons. The average Bonchev–Trinajstić information content (AvgIpc) is 3.31. The lowest BCUT2D eigenvalue weighted by Gasteiger charge is -2.36. The number of ether oxygens (including phenoxy) is 1. The van der Waals surface area contributed by atoms with Crippen LogP contribution in [-0.4, -0.2) is 53.6 Å². The molecule has 2 amide bonds. The molecule has 0 unspecified atom stereocenters. The topological polar surface area (TPSA) is 107 Å². The van der Waals surface area contributed by atoms with Crippen molar-refractivity contribution in [1.29, 1.82) is 0 Å². The maximum Gasteiger partial charge on any atom is 0.416 e. The number of imide groups is 1. The van der Waals surface area contributed by atoms with E-state index < -0.39 is 71.4 Å². The Kier molecular flexibility index (Phi) is 11.0. The number of allylic oxidation sites excluding steroid dienone is 1. The van der Waals surface area contributed by atoms with Crippen LogP contribution in [0.5, 0.6) is 5.75 Å². The number of aromatic hydroxyl groups is 1. The van der Waals surface area contributed by atoms with Crippen molar-refractivity contribution in [3.8, 4) is 5.75 Å². The Morgan fingerprint density at radius 1 is 0.980 bits per heavy atom. The van der Waals surface area contributed by atoms with Crippen molar-refractivity contribution >= 4 is 45.1 Å². The fraction of sp³-hybridized carbons (Fsp3) is 0.333. The molecule has 0 aromatic heterocycles. The van der Waals surface area contributed by atoms with Crippen LogP contribution in [0.15, 0.2) is 82.3 Å². The van der Waals surface area contributed by atoms with E-state index in [-0.39, 0.29) is 43.3 Å². The number of hydrogen-bond donors (Lipinski definition) is 3. The first-order valence-electron chi connectivity index (χ1n) is 15.5. The number of amides is 2. The number of phenols is 1. The lowest BCUT2D eigenvalue weighted by Crippen LogP contribution is -2.39. The molecule has 4 atom stereocenters. The Morgan fingerprint density at radius 3 is 2.20 bits per heavy atom. The highest BCUT2D eigenvalue weighted by Crippen LogP contribution is 2.49.